The first-order valence-electron chi connectivity index (χ1n) is 4.08. The zero-order chi connectivity index (χ0) is 11.3. The van der Waals surface area contributed by atoms with E-state index in [0.29, 0.717) is 5.82 Å². The number of hydrogen-bond donors (Lipinski definition) is 2. The van der Waals surface area contributed by atoms with Gasteiger partial charge in [0.15, 0.2) is 5.03 Å². The highest BCUT2D eigenvalue weighted by molar-refractivity contribution is 7.89. The molecule has 82 valence electrons. The molecule has 15 heavy (non-hydrogen) atoms. The molecule has 0 radical (unpaired) electrons. The van der Waals surface area contributed by atoms with Gasteiger partial charge < -0.3 is 4.98 Å². The van der Waals surface area contributed by atoms with Gasteiger partial charge in [-0.2, -0.15) is 0 Å². The van der Waals surface area contributed by atoms with Crippen LogP contribution in [0.5, 0.6) is 0 Å². The maximum absolute atomic E-state index is 11.5. The highest BCUT2D eigenvalue weighted by Gasteiger charge is 2.14. The molecule has 0 spiro atoms. The van der Waals surface area contributed by atoms with Crippen molar-refractivity contribution in [3.8, 4) is 0 Å². The van der Waals surface area contributed by atoms with Gasteiger partial charge in [0, 0.05) is 18.0 Å². The third kappa shape index (κ3) is 3.24. The number of azide groups is 1. The van der Waals surface area contributed by atoms with Crippen LogP contribution in [0.2, 0.25) is 0 Å². The van der Waals surface area contributed by atoms with Gasteiger partial charge in [-0.15, -0.1) is 0 Å². The molecule has 0 aliphatic heterocycles. The number of rotatable bonds is 5. The lowest BCUT2D eigenvalue weighted by Crippen LogP contribution is -2.26. The Morgan fingerprint density at radius 3 is 3.00 bits per heavy atom. The first-order valence-corrected chi connectivity index (χ1v) is 5.57. The van der Waals surface area contributed by atoms with Crippen molar-refractivity contribution >= 4 is 10.0 Å². The number of aromatic amines is 1. The molecule has 1 rings (SSSR count). The van der Waals surface area contributed by atoms with Crippen molar-refractivity contribution in [3.63, 3.8) is 0 Å². The van der Waals surface area contributed by atoms with E-state index in [2.05, 4.69) is 24.7 Å². The quantitative estimate of drug-likeness (QED) is 0.327. The van der Waals surface area contributed by atoms with E-state index in [1.807, 2.05) is 0 Å². The predicted octanol–water partition coefficient (Wildman–Crippen LogP) is 0.307. The lowest BCUT2D eigenvalue weighted by atomic mass is 10.7. The molecule has 0 unspecified atom stereocenters. The van der Waals surface area contributed by atoms with Crippen LogP contribution in [-0.2, 0) is 10.0 Å². The van der Waals surface area contributed by atoms with Crippen LogP contribution in [0.15, 0.2) is 16.3 Å². The Bertz CT molecular complexity index is 472. The van der Waals surface area contributed by atoms with Crippen LogP contribution >= 0.6 is 0 Å². The molecule has 0 aliphatic carbocycles. The van der Waals surface area contributed by atoms with E-state index in [1.54, 1.807) is 6.92 Å². The summed E-state index contributed by atoms with van der Waals surface area (Å²) < 4.78 is 25.2. The molecule has 1 aromatic rings. The van der Waals surface area contributed by atoms with Crippen molar-refractivity contribution < 1.29 is 8.42 Å². The van der Waals surface area contributed by atoms with E-state index in [0.717, 1.165) is 0 Å². The molecule has 2 N–H and O–H groups in total. The van der Waals surface area contributed by atoms with E-state index >= 15 is 0 Å². The maximum atomic E-state index is 11.5. The van der Waals surface area contributed by atoms with Gasteiger partial charge in [0.25, 0.3) is 10.0 Å². The molecule has 8 nitrogen and oxygen atoms in total. The average Bonchev–Trinajstić information content (AvgIpc) is 2.60. The molecule has 0 saturated carbocycles. The van der Waals surface area contributed by atoms with Crippen LogP contribution < -0.4 is 4.72 Å². The highest BCUT2D eigenvalue weighted by atomic mass is 32.2. The van der Waals surface area contributed by atoms with E-state index in [4.69, 9.17) is 5.53 Å². The van der Waals surface area contributed by atoms with Gasteiger partial charge in [0.05, 0.1) is 6.20 Å². The van der Waals surface area contributed by atoms with Crippen molar-refractivity contribution in [2.45, 2.75) is 11.9 Å². The molecule has 0 saturated heterocycles. The van der Waals surface area contributed by atoms with Crippen molar-refractivity contribution in [3.05, 3.63) is 22.5 Å². The van der Waals surface area contributed by atoms with E-state index in [-0.39, 0.29) is 18.1 Å². The maximum Gasteiger partial charge on any atom is 0.257 e. The zero-order valence-electron chi connectivity index (χ0n) is 8.01. The molecule has 9 heteroatoms. The highest BCUT2D eigenvalue weighted by Crippen LogP contribution is 2.03. The van der Waals surface area contributed by atoms with Gasteiger partial charge in [0.1, 0.15) is 5.82 Å². The van der Waals surface area contributed by atoms with Crippen molar-refractivity contribution in [1.82, 2.24) is 14.7 Å². The minimum absolute atomic E-state index is 0.000868. The van der Waals surface area contributed by atoms with Crippen LogP contribution in [0.25, 0.3) is 10.4 Å². The van der Waals surface area contributed by atoms with E-state index < -0.39 is 10.0 Å². The Morgan fingerprint density at radius 2 is 2.47 bits per heavy atom. The Labute approximate surface area is 86.4 Å². The Hall–Kier alpha value is -1.57. The fraction of sp³-hybridized carbons (Fsp3) is 0.500. The second-order valence-electron chi connectivity index (χ2n) is 2.69. The summed E-state index contributed by atoms with van der Waals surface area (Å²) in [4.78, 5) is 8.86. The van der Waals surface area contributed by atoms with Crippen molar-refractivity contribution in [1.29, 1.82) is 0 Å². The number of sulfonamides is 1. The molecule has 0 atom stereocenters. The normalized spacial score (nSPS) is 11.0. The van der Waals surface area contributed by atoms with Crippen LogP contribution in [0, 0.1) is 6.92 Å². The summed E-state index contributed by atoms with van der Waals surface area (Å²) in [5.74, 6) is 0.519. The van der Waals surface area contributed by atoms with Crippen LogP contribution in [0.3, 0.4) is 0 Å². The molecule has 1 heterocycles. The molecular formula is C6H10N6O2S. The third-order valence-corrected chi connectivity index (χ3v) is 2.91. The SMILES string of the molecule is Cc1ncc(S(=O)(=O)NCCN=[N+]=[N-])[nH]1. The molecule has 1 aromatic heterocycles. The minimum Gasteiger partial charge on any atom is -0.332 e. The second-order valence-corrected chi connectivity index (χ2v) is 4.42. The van der Waals surface area contributed by atoms with Gasteiger partial charge in [-0.3, -0.25) is 0 Å². The lowest BCUT2D eigenvalue weighted by Gasteiger charge is -2.01. The van der Waals surface area contributed by atoms with Gasteiger partial charge in [-0.1, -0.05) is 5.11 Å². The standard InChI is InChI=1S/C6H10N6O2S/c1-5-8-4-6(11-5)15(13,14)10-3-2-9-12-7/h4,10H,2-3H2,1H3,(H,8,11). The second kappa shape index (κ2) is 4.78. The van der Waals surface area contributed by atoms with Gasteiger partial charge >= 0.3 is 0 Å². The number of nitrogens with zero attached hydrogens (tertiary/aromatic N) is 4. The summed E-state index contributed by atoms with van der Waals surface area (Å²) in [6, 6.07) is 0. The first kappa shape index (κ1) is 11.5. The Morgan fingerprint density at radius 1 is 1.73 bits per heavy atom. The number of aryl methyl sites for hydroxylation is 1. The van der Waals surface area contributed by atoms with Gasteiger partial charge in [-0.05, 0) is 12.5 Å². The average molecular weight is 230 g/mol. The fourth-order valence-electron chi connectivity index (χ4n) is 0.887. The summed E-state index contributed by atoms with van der Waals surface area (Å²) in [5.41, 5.74) is 7.98. The molecule has 0 bridgehead atoms. The summed E-state index contributed by atoms with van der Waals surface area (Å²) in [7, 11) is -3.57. The Balaban J connectivity index is 2.64. The predicted molar refractivity (Wildman–Crippen MR) is 52.5 cm³/mol. The number of aromatic nitrogens is 2. The minimum atomic E-state index is -3.57. The largest absolute Gasteiger partial charge is 0.332 e. The summed E-state index contributed by atoms with van der Waals surface area (Å²) in [5, 5.41) is 3.20. The van der Waals surface area contributed by atoms with E-state index in [1.165, 1.54) is 6.20 Å². The van der Waals surface area contributed by atoms with Crippen LogP contribution in [-0.4, -0.2) is 31.5 Å². The van der Waals surface area contributed by atoms with Crippen molar-refractivity contribution in [2.24, 2.45) is 5.11 Å². The summed E-state index contributed by atoms with van der Waals surface area (Å²) >= 11 is 0. The monoisotopic (exact) mass is 230 g/mol. The number of imidazole rings is 1. The zero-order valence-corrected chi connectivity index (χ0v) is 8.82. The third-order valence-electron chi connectivity index (χ3n) is 1.54. The number of hydrogen-bond acceptors (Lipinski definition) is 4. The Kier molecular flexibility index (Phi) is 3.67. The smallest absolute Gasteiger partial charge is 0.257 e. The van der Waals surface area contributed by atoms with Crippen LogP contribution in [0.1, 0.15) is 5.82 Å². The topological polar surface area (TPSA) is 124 Å². The molecule has 0 aliphatic rings. The fourth-order valence-corrected chi connectivity index (χ4v) is 1.88. The molecular weight excluding hydrogens is 220 g/mol. The number of H-pyrrole nitrogens is 1. The molecule has 0 fully saturated rings. The first-order chi connectivity index (χ1) is 7.06. The van der Waals surface area contributed by atoms with Gasteiger partial charge in [0.2, 0.25) is 0 Å². The molecule has 0 amide bonds. The van der Waals surface area contributed by atoms with E-state index in [9.17, 15) is 8.42 Å². The van der Waals surface area contributed by atoms with Crippen LogP contribution in [0.4, 0.5) is 0 Å². The summed E-state index contributed by atoms with van der Waals surface area (Å²) in [6.07, 6.45) is 1.23. The molecule has 0 aromatic carbocycles. The van der Waals surface area contributed by atoms with Crippen molar-refractivity contribution in [2.75, 3.05) is 13.1 Å². The summed E-state index contributed by atoms with van der Waals surface area (Å²) in [6.45, 7) is 1.78. The lowest BCUT2D eigenvalue weighted by molar-refractivity contribution is 0.579. The number of nitrogens with one attached hydrogen (secondary N) is 2. The van der Waals surface area contributed by atoms with Gasteiger partial charge in [-0.25, -0.2) is 18.1 Å².